The van der Waals surface area contributed by atoms with E-state index in [0.29, 0.717) is 11.6 Å². The summed E-state index contributed by atoms with van der Waals surface area (Å²) < 4.78 is 24.3. The first-order chi connectivity index (χ1) is 11.9. The fourth-order valence-corrected chi connectivity index (χ4v) is 3.60. The molecule has 0 aromatic heterocycles. The molecule has 0 aliphatic carbocycles. The molecule has 2 aromatic carbocycles. The number of hydrogen-bond donors (Lipinski definition) is 1. The lowest BCUT2D eigenvalue weighted by atomic mass is 10.3. The molecular formula is C18H21ClN2O3S. The van der Waals surface area contributed by atoms with Crippen LogP contribution in [-0.2, 0) is 14.6 Å². The van der Waals surface area contributed by atoms with Crippen molar-refractivity contribution in [2.24, 2.45) is 0 Å². The molecule has 0 spiro atoms. The topological polar surface area (TPSA) is 66.5 Å². The standard InChI is InChI=1S/C18H21ClN2O3S/c1-21(16-6-3-2-4-7-16)13-5-12-20-18(22)14-25(23,24)17-10-8-15(19)9-11-17/h2-4,6-11H,5,12-14H2,1H3,(H,20,22). The Morgan fingerprint density at radius 3 is 2.36 bits per heavy atom. The van der Waals surface area contributed by atoms with Crippen molar-refractivity contribution >= 4 is 33.0 Å². The molecule has 0 unspecified atom stereocenters. The van der Waals surface area contributed by atoms with Crippen LogP contribution in [0, 0.1) is 0 Å². The summed E-state index contributed by atoms with van der Waals surface area (Å²) in [4.78, 5) is 14.1. The zero-order chi connectivity index (χ0) is 18.3. The summed E-state index contributed by atoms with van der Waals surface area (Å²) in [5.41, 5.74) is 1.10. The molecule has 0 bridgehead atoms. The number of hydrogen-bond acceptors (Lipinski definition) is 4. The van der Waals surface area contributed by atoms with Gasteiger partial charge in [-0.3, -0.25) is 4.79 Å². The molecule has 2 aromatic rings. The van der Waals surface area contributed by atoms with Crippen LogP contribution in [0.2, 0.25) is 5.02 Å². The normalized spacial score (nSPS) is 11.1. The smallest absolute Gasteiger partial charge is 0.235 e. The van der Waals surface area contributed by atoms with Crippen LogP contribution < -0.4 is 10.2 Å². The van der Waals surface area contributed by atoms with Crippen molar-refractivity contribution < 1.29 is 13.2 Å². The first-order valence-electron chi connectivity index (χ1n) is 7.90. The minimum atomic E-state index is -3.65. The molecule has 0 aliphatic heterocycles. The number of carbonyl (C=O) groups is 1. The Bertz CT molecular complexity index is 793. The van der Waals surface area contributed by atoms with Crippen molar-refractivity contribution in [2.75, 3.05) is 30.8 Å². The lowest BCUT2D eigenvalue weighted by molar-refractivity contribution is -0.118. The number of halogens is 1. The highest BCUT2D eigenvalue weighted by Crippen LogP contribution is 2.15. The summed E-state index contributed by atoms with van der Waals surface area (Å²) in [6.07, 6.45) is 0.720. The zero-order valence-electron chi connectivity index (χ0n) is 14.0. The Kier molecular flexibility index (Phi) is 6.84. The van der Waals surface area contributed by atoms with Crippen molar-refractivity contribution in [3.63, 3.8) is 0 Å². The number of benzene rings is 2. The molecule has 1 amide bonds. The predicted molar refractivity (Wildman–Crippen MR) is 101 cm³/mol. The number of anilines is 1. The first-order valence-corrected chi connectivity index (χ1v) is 9.93. The van der Waals surface area contributed by atoms with Crippen molar-refractivity contribution in [3.05, 3.63) is 59.6 Å². The Morgan fingerprint density at radius 1 is 1.08 bits per heavy atom. The van der Waals surface area contributed by atoms with E-state index in [1.807, 2.05) is 37.4 Å². The van der Waals surface area contributed by atoms with Crippen LogP contribution in [0.15, 0.2) is 59.5 Å². The zero-order valence-corrected chi connectivity index (χ0v) is 15.6. The number of para-hydroxylation sites is 1. The van der Waals surface area contributed by atoms with Crippen LogP contribution in [0.4, 0.5) is 5.69 Å². The third kappa shape index (κ3) is 6.07. The molecule has 5 nitrogen and oxygen atoms in total. The average molecular weight is 381 g/mol. The molecule has 25 heavy (non-hydrogen) atoms. The maximum absolute atomic E-state index is 12.2. The highest BCUT2D eigenvalue weighted by Gasteiger charge is 2.18. The lowest BCUT2D eigenvalue weighted by Crippen LogP contribution is -2.32. The van der Waals surface area contributed by atoms with Crippen molar-refractivity contribution in [3.8, 4) is 0 Å². The number of nitrogens with one attached hydrogen (secondary N) is 1. The number of amides is 1. The third-order valence-electron chi connectivity index (χ3n) is 3.68. The second kappa shape index (κ2) is 8.87. The van der Waals surface area contributed by atoms with E-state index in [0.717, 1.165) is 18.7 Å². The van der Waals surface area contributed by atoms with E-state index in [9.17, 15) is 13.2 Å². The maximum Gasteiger partial charge on any atom is 0.235 e. The van der Waals surface area contributed by atoms with E-state index < -0.39 is 21.5 Å². The van der Waals surface area contributed by atoms with Gasteiger partial charge in [0.05, 0.1) is 4.90 Å². The van der Waals surface area contributed by atoms with Gasteiger partial charge in [-0.1, -0.05) is 29.8 Å². The van der Waals surface area contributed by atoms with Gasteiger partial charge in [0.2, 0.25) is 5.91 Å². The van der Waals surface area contributed by atoms with Crippen LogP contribution in [0.25, 0.3) is 0 Å². The fourth-order valence-electron chi connectivity index (χ4n) is 2.30. The highest BCUT2D eigenvalue weighted by molar-refractivity contribution is 7.92. The van der Waals surface area contributed by atoms with Gasteiger partial charge in [0.1, 0.15) is 5.75 Å². The summed E-state index contributed by atoms with van der Waals surface area (Å²) in [5, 5.41) is 3.11. The third-order valence-corrected chi connectivity index (χ3v) is 5.57. The van der Waals surface area contributed by atoms with Crippen molar-refractivity contribution in [1.29, 1.82) is 0 Å². The van der Waals surface area contributed by atoms with E-state index in [-0.39, 0.29) is 4.90 Å². The summed E-state index contributed by atoms with van der Waals surface area (Å²) in [6.45, 7) is 1.18. The Morgan fingerprint density at radius 2 is 1.72 bits per heavy atom. The molecule has 0 aliphatic rings. The van der Waals surface area contributed by atoms with Gasteiger partial charge in [-0.15, -0.1) is 0 Å². The summed E-state index contributed by atoms with van der Waals surface area (Å²) in [7, 11) is -1.68. The monoisotopic (exact) mass is 380 g/mol. The van der Waals surface area contributed by atoms with Gasteiger partial charge in [0.15, 0.2) is 9.84 Å². The van der Waals surface area contributed by atoms with Crippen LogP contribution >= 0.6 is 11.6 Å². The summed E-state index contributed by atoms with van der Waals surface area (Å²) in [5.74, 6) is -1.07. The average Bonchev–Trinajstić information content (AvgIpc) is 2.59. The van der Waals surface area contributed by atoms with E-state index in [4.69, 9.17) is 11.6 Å². The molecule has 1 N–H and O–H groups in total. The molecule has 2 rings (SSSR count). The van der Waals surface area contributed by atoms with E-state index in [1.165, 1.54) is 24.3 Å². The van der Waals surface area contributed by atoms with Crippen LogP contribution in [0.3, 0.4) is 0 Å². The van der Waals surface area contributed by atoms with Crippen LogP contribution in [0.1, 0.15) is 6.42 Å². The summed E-state index contributed by atoms with van der Waals surface area (Å²) >= 11 is 5.74. The van der Waals surface area contributed by atoms with E-state index >= 15 is 0 Å². The van der Waals surface area contributed by atoms with Gasteiger partial charge in [0.25, 0.3) is 0 Å². The van der Waals surface area contributed by atoms with Crippen LogP contribution in [0.5, 0.6) is 0 Å². The number of nitrogens with zero attached hydrogens (tertiary/aromatic N) is 1. The maximum atomic E-state index is 12.2. The molecule has 0 fully saturated rings. The Labute approximate surface area is 153 Å². The first kappa shape index (κ1) is 19.3. The molecule has 7 heteroatoms. The van der Waals surface area contributed by atoms with Gasteiger partial charge in [-0.25, -0.2) is 8.42 Å². The minimum absolute atomic E-state index is 0.0934. The van der Waals surface area contributed by atoms with Crippen LogP contribution in [-0.4, -0.2) is 40.2 Å². The van der Waals surface area contributed by atoms with E-state index in [1.54, 1.807) is 0 Å². The number of sulfone groups is 1. The van der Waals surface area contributed by atoms with Gasteiger partial charge >= 0.3 is 0 Å². The highest BCUT2D eigenvalue weighted by atomic mass is 35.5. The SMILES string of the molecule is CN(CCCNC(=O)CS(=O)(=O)c1ccc(Cl)cc1)c1ccccc1. The second-order valence-electron chi connectivity index (χ2n) is 5.67. The molecule has 0 heterocycles. The minimum Gasteiger partial charge on any atom is -0.375 e. The molecule has 134 valence electrons. The molecule has 0 saturated heterocycles. The molecule has 0 radical (unpaired) electrons. The molecule has 0 atom stereocenters. The largest absolute Gasteiger partial charge is 0.375 e. The van der Waals surface area contributed by atoms with Crippen molar-refractivity contribution in [2.45, 2.75) is 11.3 Å². The Balaban J connectivity index is 1.76. The van der Waals surface area contributed by atoms with E-state index in [2.05, 4.69) is 10.2 Å². The molecule has 0 saturated carbocycles. The van der Waals surface area contributed by atoms with Gasteiger partial charge < -0.3 is 10.2 Å². The van der Waals surface area contributed by atoms with Gasteiger partial charge in [0, 0.05) is 30.8 Å². The Hall–Kier alpha value is -2.05. The predicted octanol–water partition coefficient (Wildman–Crippen LogP) is 2.76. The second-order valence-corrected chi connectivity index (χ2v) is 8.10. The summed E-state index contributed by atoms with van der Waals surface area (Å²) in [6, 6.07) is 15.7. The lowest BCUT2D eigenvalue weighted by Gasteiger charge is -2.19. The van der Waals surface area contributed by atoms with Gasteiger partial charge in [-0.2, -0.15) is 0 Å². The quantitative estimate of drug-likeness (QED) is 0.715. The fraction of sp³-hybridized carbons (Fsp3) is 0.278. The van der Waals surface area contributed by atoms with Gasteiger partial charge in [-0.05, 0) is 42.8 Å². The number of rotatable bonds is 8. The van der Waals surface area contributed by atoms with Crippen molar-refractivity contribution in [1.82, 2.24) is 5.32 Å². The number of carbonyl (C=O) groups excluding carboxylic acids is 1. The molecular weight excluding hydrogens is 360 g/mol.